The van der Waals surface area contributed by atoms with Crippen molar-refractivity contribution in [2.75, 3.05) is 6.54 Å². The Balaban J connectivity index is 1.75. The average molecular weight is 262 g/mol. The van der Waals surface area contributed by atoms with Crippen molar-refractivity contribution in [1.29, 1.82) is 0 Å². The first kappa shape index (κ1) is 13.8. The summed E-state index contributed by atoms with van der Waals surface area (Å²) in [5.74, 6) is 1.43. The standard InChI is InChI=1S/C15H22N2O2/c1-11-3-2-4-12(7-11)5-6-17-15(19)13-8-14(18)10-16-9-13/h8-12,18H,2-7H2,1H3,(H,17,19). The molecule has 2 unspecified atom stereocenters. The second-order valence-corrected chi connectivity index (χ2v) is 5.61. The molecule has 0 spiro atoms. The first-order chi connectivity index (χ1) is 9.15. The van der Waals surface area contributed by atoms with Crippen LogP contribution in [0.15, 0.2) is 18.5 Å². The van der Waals surface area contributed by atoms with E-state index in [9.17, 15) is 9.90 Å². The number of pyridine rings is 1. The molecular formula is C15H22N2O2. The average Bonchev–Trinajstić information content (AvgIpc) is 2.38. The second kappa shape index (κ2) is 6.55. The highest BCUT2D eigenvalue weighted by molar-refractivity contribution is 5.94. The van der Waals surface area contributed by atoms with E-state index in [0.29, 0.717) is 12.1 Å². The van der Waals surface area contributed by atoms with Gasteiger partial charge < -0.3 is 10.4 Å². The van der Waals surface area contributed by atoms with Crippen molar-refractivity contribution in [3.8, 4) is 5.75 Å². The molecule has 0 aliphatic heterocycles. The van der Waals surface area contributed by atoms with Gasteiger partial charge in [-0.1, -0.05) is 26.2 Å². The zero-order chi connectivity index (χ0) is 13.7. The molecule has 4 heteroatoms. The lowest BCUT2D eigenvalue weighted by Crippen LogP contribution is -2.27. The molecule has 1 heterocycles. The van der Waals surface area contributed by atoms with Crippen molar-refractivity contribution < 1.29 is 9.90 Å². The van der Waals surface area contributed by atoms with Crippen molar-refractivity contribution in [3.63, 3.8) is 0 Å². The van der Waals surface area contributed by atoms with E-state index in [2.05, 4.69) is 17.2 Å². The van der Waals surface area contributed by atoms with Crippen LogP contribution in [-0.4, -0.2) is 22.5 Å². The van der Waals surface area contributed by atoms with Gasteiger partial charge in [-0.15, -0.1) is 0 Å². The zero-order valence-corrected chi connectivity index (χ0v) is 11.4. The van der Waals surface area contributed by atoms with Crippen LogP contribution >= 0.6 is 0 Å². The van der Waals surface area contributed by atoms with Crippen LogP contribution in [0.2, 0.25) is 0 Å². The predicted molar refractivity (Wildman–Crippen MR) is 74.0 cm³/mol. The Labute approximate surface area is 114 Å². The van der Waals surface area contributed by atoms with Crippen molar-refractivity contribution >= 4 is 5.91 Å². The number of aromatic hydroxyl groups is 1. The summed E-state index contributed by atoms with van der Waals surface area (Å²) in [6.45, 7) is 3.01. The Morgan fingerprint density at radius 3 is 3.05 bits per heavy atom. The summed E-state index contributed by atoms with van der Waals surface area (Å²) in [5, 5.41) is 12.2. The molecule has 1 fully saturated rings. The Kier molecular flexibility index (Phi) is 4.77. The van der Waals surface area contributed by atoms with E-state index in [1.54, 1.807) is 0 Å². The number of rotatable bonds is 4. The summed E-state index contributed by atoms with van der Waals surface area (Å²) in [6.07, 6.45) is 9.06. The summed E-state index contributed by atoms with van der Waals surface area (Å²) in [7, 11) is 0. The highest BCUT2D eigenvalue weighted by atomic mass is 16.3. The van der Waals surface area contributed by atoms with Gasteiger partial charge in [0.25, 0.3) is 5.91 Å². The van der Waals surface area contributed by atoms with Gasteiger partial charge in [-0.25, -0.2) is 0 Å². The quantitative estimate of drug-likeness (QED) is 0.877. The summed E-state index contributed by atoms with van der Waals surface area (Å²) >= 11 is 0. The first-order valence-electron chi connectivity index (χ1n) is 7.07. The van der Waals surface area contributed by atoms with Crippen LogP contribution in [0.25, 0.3) is 0 Å². The van der Waals surface area contributed by atoms with Crippen LogP contribution in [0.5, 0.6) is 5.75 Å². The predicted octanol–water partition coefficient (Wildman–Crippen LogP) is 2.73. The largest absolute Gasteiger partial charge is 0.506 e. The molecular weight excluding hydrogens is 240 g/mol. The van der Waals surface area contributed by atoms with Gasteiger partial charge in [0, 0.05) is 12.7 Å². The third kappa shape index (κ3) is 4.23. The Bertz CT molecular complexity index is 434. The minimum Gasteiger partial charge on any atom is -0.506 e. The maximum absolute atomic E-state index is 11.8. The van der Waals surface area contributed by atoms with E-state index >= 15 is 0 Å². The Morgan fingerprint density at radius 2 is 2.32 bits per heavy atom. The molecule has 1 aliphatic carbocycles. The van der Waals surface area contributed by atoms with Gasteiger partial charge >= 0.3 is 0 Å². The molecule has 0 bridgehead atoms. The normalized spacial score (nSPS) is 23.0. The van der Waals surface area contributed by atoms with Crippen LogP contribution in [0, 0.1) is 11.8 Å². The Hall–Kier alpha value is -1.58. The van der Waals surface area contributed by atoms with E-state index in [1.807, 2.05) is 0 Å². The van der Waals surface area contributed by atoms with Crippen molar-refractivity contribution in [1.82, 2.24) is 10.3 Å². The van der Waals surface area contributed by atoms with Crippen molar-refractivity contribution in [3.05, 3.63) is 24.0 Å². The van der Waals surface area contributed by atoms with Gasteiger partial charge in [0.15, 0.2) is 0 Å². The lowest BCUT2D eigenvalue weighted by atomic mass is 9.81. The fraction of sp³-hybridized carbons (Fsp3) is 0.600. The number of hydrogen-bond acceptors (Lipinski definition) is 3. The first-order valence-corrected chi connectivity index (χ1v) is 7.07. The number of aromatic nitrogens is 1. The van der Waals surface area contributed by atoms with Crippen molar-refractivity contribution in [2.45, 2.75) is 39.0 Å². The number of amides is 1. The third-order valence-electron chi connectivity index (χ3n) is 3.87. The van der Waals surface area contributed by atoms with Crippen LogP contribution in [0.4, 0.5) is 0 Å². The fourth-order valence-corrected chi connectivity index (χ4v) is 2.87. The monoisotopic (exact) mass is 262 g/mol. The minimum absolute atomic E-state index is 0.0220. The second-order valence-electron chi connectivity index (χ2n) is 5.61. The summed E-state index contributed by atoms with van der Waals surface area (Å²) in [5.41, 5.74) is 0.414. The van der Waals surface area contributed by atoms with Crippen LogP contribution < -0.4 is 5.32 Å². The smallest absolute Gasteiger partial charge is 0.252 e. The molecule has 0 saturated heterocycles. The van der Waals surface area contributed by atoms with Gasteiger partial charge in [0.1, 0.15) is 5.75 Å². The van der Waals surface area contributed by atoms with Crippen LogP contribution in [-0.2, 0) is 0 Å². The lowest BCUT2D eigenvalue weighted by molar-refractivity contribution is 0.0949. The van der Waals surface area contributed by atoms with Gasteiger partial charge in [-0.2, -0.15) is 0 Å². The summed E-state index contributed by atoms with van der Waals surface area (Å²) in [6, 6.07) is 1.44. The molecule has 0 radical (unpaired) electrons. The molecule has 2 N–H and O–H groups in total. The maximum Gasteiger partial charge on any atom is 0.252 e. The van der Waals surface area contributed by atoms with Crippen molar-refractivity contribution in [2.24, 2.45) is 11.8 Å². The maximum atomic E-state index is 11.8. The van der Waals surface area contributed by atoms with Gasteiger partial charge in [-0.3, -0.25) is 9.78 Å². The molecule has 1 aromatic heterocycles. The molecule has 2 rings (SSSR count). The molecule has 104 valence electrons. The molecule has 1 aromatic rings. The highest BCUT2D eigenvalue weighted by Gasteiger charge is 2.18. The number of carbonyl (C=O) groups is 1. The summed E-state index contributed by atoms with van der Waals surface area (Å²) < 4.78 is 0. The molecule has 19 heavy (non-hydrogen) atoms. The van der Waals surface area contributed by atoms with E-state index in [1.165, 1.54) is 44.1 Å². The van der Waals surface area contributed by atoms with E-state index in [-0.39, 0.29) is 11.7 Å². The SMILES string of the molecule is CC1CCCC(CCNC(=O)c2cncc(O)c2)C1. The number of nitrogens with zero attached hydrogens (tertiary/aromatic N) is 1. The van der Waals surface area contributed by atoms with E-state index in [4.69, 9.17) is 0 Å². The highest BCUT2D eigenvalue weighted by Crippen LogP contribution is 2.30. The lowest BCUT2D eigenvalue weighted by Gasteiger charge is -2.26. The molecule has 4 nitrogen and oxygen atoms in total. The molecule has 0 aromatic carbocycles. The van der Waals surface area contributed by atoms with Gasteiger partial charge in [-0.05, 0) is 30.7 Å². The van der Waals surface area contributed by atoms with Crippen LogP contribution in [0.3, 0.4) is 0 Å². The van der Waals surface area contributed by atoms with Gasteiger partial charge in [0.05, 0.1) is 11.8 Å². The molecule has 1 aliphatic rings. The van der Waals surface area contributed by atoms with Crippen LogP contribution in [0.1, 0.15) is 49.4 Å². The molecule has 1 amide bonds. The van der Waals surface area contributed by atoms with Gasteiger partial charge in [0.2, 0.25) is 0 Å². The third-order valence-corrected chi connectivity index (χ3v) is 3.87. The minimum atomic E-state index is -0.160. The van der Waals surface area contributed by atoms with E-state index < -0.39 is 0 Å². The number of carbonyl (C=O) groups excluding carboxylic acids is 1. The topological polar surface area (TPSA) is 62.2 Å². The van der Waals surface area contributed by atoms with E-state index in [0.717, 1.165) is 18.3 Å². The molecule has 2 atom stereocenters. The zero-order valence-electron chi connectivity index (χ0n) is 11.4. The fourth-order valence-electron chi connectivity index (χ4n) is 2.87. The summed E-state index contributed by atoms with van der Waals surface area (Å²) in [4.78, 5) is 15.6. The number of hydrogen-bond donors (Lipinski definition) is 2. The number of nitrogens with one attached hydrogen (secondary N) is 1. The molecule has 1 saturated carbocycles. The Morgan fingerprint density at radius 1 is 1.47 bits per heavy atom.